The van der Waals surface area contributed by atoms with E-state index >= 15 is 0 Å². The number of carbonyl (C=O) groups excluding carboxylic acids is 1. The van der Waals surface area contributed by atoms with Gasteiger partial charge < -0.3 is 11.1 Å². The van der Waals surface area contributed by atoms with Crippen molar-refractivity contribution < 1.29 is 20.5 Å². The molecule has 2 amide bonds. The summed E-state index contributed by atoms with van der Waals surface area (Å²) in [5.74, 6) is 0.241. The van der Waals surface area contributed by atoms with Crippen LogP contribution in [0.5, 0.6) is 5.75 Å². The van der Waals surface area contributed by atoms with Gasteiger partial charge in [0.2, 0.25) is 0 Å². The summed E-state index contributed by atoms with van der Waals surface area (Å²) in [5, 5.41) is 2.51. The molecule has 0 atom stereocenters. The first-order chi connectivity index (χ1) is 10.7. The molecule has 7 nitrogen and oxygen atoms in total. The minimum absolute atomic E-state index is 0.241. The second-order valence-corrected chi connectivity index (χ2v) is 7.09. The topological polar surface area (TPSA) is 122 Å². The second-order valence-electron chi connectivity index (χ2n) is 4.65. The molecule has 0 saturated heterocycles. The second kappa shape index (κ2) is 8.43. The van der Waals surface area contributed by atoms with Crippen molar-refractivity contribution >= 4 is 26.2 Å². The van der Waals surface area contributed by atoms with Crippen LogP contribution in [0.4, 0.5) is 10.5 Å². The number of nitrogens with one attached hydrogen (secondary N) is 1. The Morgan fingerprint density at radius 2 is 1.57 bits per heavy atom. The third-order valence-electron chi connectivity index (χ3n) is 2.71. The van der Waals surface area contributed by atoms with Crippen LogP contribution in [-0.4, -0.2) is 28.7 Å². The number of aryl methyl sites for hydroxylation is 2. The van der Waals surface area contributed by atoms with E-state index in [4.69, 9.17) is 13.9 Å². The summed E-state index contributed by atoms with van der Waals surface area (Å²) >= 11 is -4.99. The Labute approximate surface area is 137 Å². The van der Waals surface area contributed by atoms with Crippen molar-refractivity contribution in [3.8, 4) is 5.75 Å². The van der Waals surface area contributed by atoms with Crippen molar-refractivity contribution in [1.82, 2.24) is 0 Å². The molecular formula is C15H19AsN2O5. The van der Waals surface area contributed by atoms with Crippen molar-refractivity contribution in [2.75, 3.05) is 5.32 Å². The fourth-order valence-electron chi connectivity index (χ4n) is 1.63. The van der Waals surface area contributed by atoms with Crippen LogP contribution in [0.1, 0.15) is 11.1 Å². The van der Waals surface area contributed by atoms with Crippen LogP contribution in [0.3, 0.4) is 0 Å². The van der Waals surface area contributed by atoms with E-state index in [9.17, 15) is 8.53 Å². The zero-order valence-corrected chi connectivity index (χ0v) is 14.6. The van der Waals surface area contributed by atoms with Crippen LogP contribution in [0.25, 0.3) is 0 Å². The number of rotatable bonds is 3. The number of amides is 2. The number of nitrogens with two attached hydrogens (primary N) is 1. The predicted molar refractivity (Wildman–Crippen MR) is 87.1 cm³/mol. The number of benzene rings is 2. The molecule has 0 saturated carbocycles. The Morgan fingerprint density at radius 3 is 2.04 bits per heavy atom. The number of para-hydroxylation sites is 2. The van der Waals surface area contributed by atoms with Crippen molar-refractivity contribution in [3.63, 3.8) is 0 Å². The van der Waals surface area contributed by atoms with Crippen LogP contribution >= 0.6 is 0 Å². The third-order valence-corrected chi connectivity index (χ3v) is 3.63. The summed E-state index contributed by atoms with van der Waals surface area (Å²) in [6, 6.07) is 13.6. The number of carbonyl (C=O) groups is 1. The van der Waals surface area contributed by atoms with E-state index in [2.05, 4.69) is 9.04 Å². The van der Waals surface area contributed by atoms with Crippen LogP contribution in [-0.2, 0) is 3.74 Å². The Kier molecular flexibility index (Phi) is 6.90. The normalized spacial score (nSPS) is 10.3. The molecule has 0 aliphatic rings. The van der Waals surface area contributed by atoms with Crippen molar-refractivity contribution in [1.29, 1.82) is 0 Å². The van der Waals surface area contributed by atoms with E-state index in [1.165, 1.54) is 6.07 Å². The van der Waals surface area contributed by atoms with Gasteiger partial charge in [-0.3, -0.25) is 0 Å². The Bertz CT molecular complexity index is 715. The molecule has 0 bridgehead atoms. The van der Waals surface area contributed by atoms with E-state index < -0.39 is 20.5 Å². The molecule has 0 unspecified atom stereocenters. The molecule has 5 N–H and O–H groups in total. The summed E-state index contributed by atoms with van der Waals surface area (Å²) < 4.78 is 32.0. The summed E-state index contributed by atoms with van der Waals surface area (Å²) in [5.41, 5.74) is 7.42. The summed E-state index contributed by atoms with van der Waals surface area (Å²) in [6.45, 7) is 3.63. The van der Waals surface area contributed by atoms with E-state index in [1.54, 1.807) is 31.2 Å². The molecule has 8 heteroatoms. The van der Waals surface area contributed by atoms with E-state index in [0.29, 0.717) is 5.56 Å². The molecule has 0 aliphatic carbocycles. The van der Waals surface area contributed by atoms with Crippen LogP contribution in [0, 0.1) is 13.8 Å². The molecule has 23 heavy (non-hydrogen) atoms. The third kappa shape index (κ3) is 7.56. The maximum absolute atomic E-state index is 10.5. The number of hydrogen-bond donors (Lipinski definition) is 4. The number of anilines is 1. The number of urea groups is 1. The van der Waals surface area contributed by atoms with Gasteiger partial charge in [0.15, 0.2) is 0 Å². The fraction of sp³-hybridized carbons (Fsp3) is 0.133. The Balaban J connectivity index is 0.000000231. The Hall–Kier alpha value is -2.21. The van der Waals surface area contributed by atoms with Crippen LogP contribution in [0.2, 0.25) is 0 Å². The molecule has 2 aromatic rings. The van der Waals surface area contributed by atoms with Gasteiger partial charge in [0.1, 0.15) is 0 Å². The summed E-state index contributed by atoms with van der Waals surface area (Å²) in [4.78, 5) is 10.4. The van der Waals surface area contributed by atoms with Gasteiger partial charge in [-0.2, -0.15) is 0 Å². The van der Waals surface area contributed by atoms with Gasteiger partial charge in [0.25, 0.3) is 0 Å². The van der Waals surface area contributed by atoms with E-state index in [-0.39, 0.29) is 5.75 Å². The average molecular weight is 382 g/mol. The summed E-state index contributed by atoms with van der Waals surface area (Å²) in [7, 11) is 0. The zero-order chi connectivity index (χ0) is 17.5. The molecule has 0 aromatic heterocycles. The quantitative estimate of drug-likeness (QED) is 0.602. The molecule has 0 aliphatic heterocycles. The van der Waals surface area contributed by atoms with Gasteiger partial charge in [-0.25, -0.2) is 4.79 Å². The van der Waals surface area contributed by atoms with Crippen molar-refractivity contribution in [2.45, 2.75) is 13.8 Å². The molecule has 2 rings (SSSR count). The monoisotopic (exact) mass is 382 g/mol. The SMILES string of the molecule is Cc1ccccc1NC(N)=O.Cc1ccccc1O[As](=O)(O)O. The van der Waals surface area contributed by atoms with Crippen molar-refractivity contribution in [3.05, 3.63) is 59.7 Å². The molecule has 2 aromatic carbocycles. The van der Waals surface area contributed by atoms with Crippen LogP contribution < -0.4 is 14.8 Å². The van der Waals surface area contributed by atoms with Gasteiger partial charge in [-0.15, -0.1) is 0 Å². The zero-order valence-electron chi connectivity index (χ0n) is 12.8. The van der Waals surface area contributed by atoms with Gasteiger partial charge in [0, 0.05) is 5.69 Å². The molecule has 0 fully saturated rings. The Morgan fingerprint density at radius 1 is 1.04 bits per heavy atom. The number of hydrogen-bond acceptors (Lipinski definition) is 3. The first-order valence-corrected chi connectivity index (χ1v) is 9.83. The van der Waals surface area contributed by atoms with Gasteiger partial charge in [0.05, 0.1) is 0 Å². The maximum atomic E-state index is 10.5. The van der Waals surface area contributed by atoms with E-state index in [0.717, 1.165) is 11.3 Å². The fourth-order valence-corrected chi connectivity index (χ4v) is 2.60. The summed E-state index contributed by atoms with van der Waals surface area (Å²) in [6.07, 6.45) is 0. The van der Waals surface area contributed by atoms with Gasteiger partial charge in [-0.1, -0.05) is 18.2 Å². The molecule has 0 spiro atoms. The first-order valence-electron chi connectivity index (χ1n) is 6.62. The molecule has 0 heterocycles. The molecule has 0 radical (unpaired) electrons. The standard InChI is InChI=1S/C8H10N2O.C7H9AsO4/c1-6-4-2-3-5-7(6)10-8(9)11;1-6-4-2-3-5-7(6)12-8(9,10)11/h2-5H,1H3,(H3,9,10,11);2-5H,1H3,(H2,9,10,11). The van der Waals surface area contributed by atoms with Gasteiger partial charge in [-0.05, 0) is 18.6 Å². The minimum atomic E-state index is -4.99. The molecule has 124 valence electrons. The van der Waals surface area contributed by atoms with Gasteiger partial charge >= 0.3 is 78.7 Å². The van der Waals surface area contributed by atoms with Crippen LogP contribution in [0.15, 0.2) is 48.5 Å². The molecular weight excluding hydrogens is 363 g/mol. The van der Waals surface area contributed by atoms with Crippen molar-refractivity contribution in [2.24, 2.45) is 5.73 Å². The number of primary amides is 1. The van der Waals surface area contributed by atoms with E-state index in [1.807, 2.05) is 25.1 Å². The predicted octanol–water partition coefficient (Wildman–Crippen LogP) is 1.71. The first kappa shape index (κ1) is 18.8. The average Bonchev–Trinajstić information content (AvgIpc) is 2.43.